The first-order valence-corrected chi connectivity index (χ1v) is 8.93. The minimum atomic E-state index is -0.451. The number of aryl methyl sites for hydroxylation is 1. The molecule has 2 fully saturated rings. The van der Waals surface area contributed by atoms with Gasteiger partial charge in [-0.15, -0.1) is 0 Å². The Hall–Kier alpha value is -1.39. The Morgan fingerprint density at radius 1 is 1.26 bits per heavy atom. The van der Waals surface area contributed by atoms with Gasteiger partial charge in [0.2, 0.25) is 5.91 Å². The lowest BCUT2D eigenvalue weighted by molar-refractivity contribution is -0.129. The highest BCUT2D eigenvalue weighted by Gasteiger charge is 2.31. The van der Waals surface area contributed by atoms with Gasteiger partial charge in [0, 0.05) is 38.6 Å². The maximum Gasteiger partial charge on any atom is 0.222 e. The second-order valence-corrected chi connectivity index (χ2v) is 6.93. The first-order valence-electron chi connectivity index (χ1n) is 8.93. The van der Waals surface area contributed by atoms with E-state index in [1.165, 1.54) is 24.0 Å². The minimum absolute atomic E-state index is 0.192. The molecule has 1 aromatic carbocycles. The average Bonchev–Trinajstić information content (AvgIpc) is 3.32. The summed E-state index contributed by atoms with van der Waals surface area (Å²) in [6.07, 6.45) is 4.64. The lowest BCUT2D eigenvalue weighted by Gasteiger charge is -2.27. The summed E-state index contributed by atoms with van der Waals surface area (Å²) in [5.74, 6) is 0.192. The van der Waals surface area contributed by atoms with E-state index >= 15 is 0 Å². The van der Waals surface area contributed by atoms with E-state index in [0.29, 0.717) is 25.6 Å². The van der Waals surface area contributed by atoms with Crippen molar-refractivity contribution in [3.63, 3.8) is 0 Å². The molecule has 3 rings (SSSR count). The monoisotopic (exact) mass is 316 g/mol. The van der Waals surface area contributed by atoms with Gasteiger partial charge in [0.15, 0.2) is 0 Å². The molecule has 1 atom stereocenters. The van der Waals surface area contributed by atoms with Crippen molar-refractivity contribution in [3.05, 3.63) is 35.4 Å². The topological polar surface area (TPSA) is 43.8 Å². The van der Waals surface area contributed by atoms with E-state index in [4.69, 9.17) is 0 Å². The third-order valence-electron chi connectivity index (χ3n) is 4.93. The van der Waals surface area contributed by atoms with Gasteiger partial charge in [-0.05, 0) is 36.8 Å². The predicted octanol–water partition coefficient (Wildman–Crippen LogP) is 2.20. The van der Waals surface area contributed by atoms with Crippen LogP contribution in [0.25, 0.3) is 0 Å². The number of β-amino-alcohol motifs (C(OH)–C–C–N with tert-alkyl or cyclic N) is 1. The molecule has 1 aromatic rings. The van der Waals surface area contributed by atoms with Gasteiger partial charge >= 0.3 is 0 Å². The molecule has 4 heteroatoms. The van der Waals surface area contributed by atoms with E-state index in [-0.39, 0.29) is 5.91 Å². The molecule has 1 aliphatic heterocycles. The van der Waals surface area contributed by atoms with Crippen LogP contribution in [0.3, 0.4) is 0 Å². The molecule has 23 heavy (non-hydrogen) atoms. The number of carbonyl (C=O) groups is 1. The summed E-state index contributed by atoms with van der Waals surface area (Å²) in [6.45, 7) is 5.00. The lowest BCUT2D eigenvalue weighted by Crippen LogP contribution is -2.41. The quantitative estimate of drug-likeness (QED) is 0.799. The molecule has 1 saturated carbocycles. The maximum atomic E-state index is 11.7. The van der Waals surface area contributed by atoms with Crippen molar-refractivity contribution in [2.45, 2.75) is 57.7 Å². The van der Waals surface area contributed by atoms with E-state index in [9.17, 15) is 9.90 Å². The molecule has 0 bridgehead atoms. The van der Waals surface area contributed by atoms with Crippen LogP contribution in [0.5, 0.6) is 0 Å². The van der Waals surface area contributed by atoms with Gasteiger partial charge in [-0.1, -0.05) is 31.2 Å². The standard InChI is InChI=1S/C19H28N2O2/c1-2-15-5-7-16(8-6-15)12-21(17-9-10-17)14-18(22)13-20-11-3-4-19(20)23/h5-8,17-18,22H,2-4,9-14H2,1H3. The highest BCUT2D eigenvalue weighted by atomic mass is 16.3. The summed E-state index contributed by atoms with van der Waals surface area (Å²) in [7, 11) is 0. The lowest BCUT2D eigenvalue weighted by atomic mass is 10.1. The molecular weight excluding hydrogens is 288 g/mol. The summed E-state index contributed by atoms with van der Waals surface area (Å²) in [4.78, 5) is 15.9. The van der Waals surface area contributed by atoms with Crippen molar-refractivity contribution in [2.75, 3.05) is 19.6 Å². The van der Waals surface area contributed by atoms with Gasteiger partial charge < -0.3 is 10.0 Å². The molecule has 4 nitrogen and oxygen atoms in total. The van der Waals surface area contributed by atoms with Crippen molar-refractivity contribution >= 4 is 5.91 Å². The number of hydrogen-bond acceptors (Lipinski definition) is 3. The van der Waals surface area contributed by atoms with Gasteiger partial charge in [-0.2, -0.15) is 0 Å². The van der Waals surface area contributed by atoms with Gasteiger partial charge in [0.05, 0.1) is 6.10 Å². The maximum absolute atomic E-state index is 11.7. The van der Waals surface area contributed by atoms with Crippen molar-refractivity contribution < 1.29 is 9.90 Å². The summed E-state index contributed by atoms with van der Waals surface area (Å²) < 4.78 is 0. The van der Waals surface area contributed by atoms with Gasteiger partial charge in [-0.3, -0.25) is 9.69 Å². The molecule has 1 heterocycles. The van der Waals surface area contributed by atoms with Crippen molar-refractivity contribution in [3.8, 4) is 0 Å². The van der Waals surface area contributed by atoms with Crippen LogP contribution in [0, 0.1) is 0 Å². The van der Waals surface area contributed by atoms with Gasteiger partial charge in [-0.25, -0.2) is 0 Å². The first-order chi connectivity index (χ1) is 11.2. The summed E-state index contributed by atoms with van der Waals surface area (Å²) in [6, 6.07) is 9.39. The zero-order valence-corrected chi connectivity index (χ0v) is 14.1. The number of aliphatic hydroxyl groups is 1. The highest BCUT2D eigenvalue weighted by Crippen LogP contribution is 2.28. The Labute approximate surface area is 139 Å². The molecule has 1 aliphatic carbocycles. The number of rotatable bonds is 8. The van der Waals surface area contributed by atoms with Crippen LogP contribution < -0.4 is 0 Å². The molecule has 1 saturated heterocycles. The van der Waals surface area contributed by atoms with Crippen LogP contribution in [0.4, 0.5) is 0 Å². The van der Waals surface area contributed by atoms with Gasteiger partial charge in [0.1, 0.15) is 0 Å². The van der Waals surface area contributed by atoms with E-state index in [0.717, 1.165) is 25.9 Å². The van der Waals surface area contributed by atoms with Crippen LogP contribution in [-0.2, 0) is 17.8 Å². The zero-order valence-electron chi connectivity index (χ0n) is 14.1. The highest BCUT2D eigenvalue weighted by molar-refractivity contribution is 5.78. The minimum Gasteiger partial charge on any atom is -0.390 e. The van der Waals surface area contributed by atoms with E-state index in [2.05, 4.69) is 36.1 Å². The average molecular weight is 316 g/mol. The fourth-order valence-corrected chi connectivity index (χ4v) is 3.38. The molecule has 1 N–H and O–H groups in total. The molecule has 0 radical (unpaired) electrons. The van der Waals surface area contributed by atoms with Crippen molar-refractivity contribution in [2.24, 2.45) is 0 Å². The van der Waals surface area contributed by atoms with E-state index in [1.807, 2.05) is 4.90 Å². The van der Waals surface area contributed by atoms with Crippen molar-refractivity contribution in [1.29, 1.82) is 0 Å². The van der Waals surface area contributed by atoms with Crippen LogP contribution in [0.15, 0.2) is 24.3 Å². The molecule has 0 aromatic heterocycles. The summed E-state index contributed by atoms with van der Waals surface area (Å²) >= 11 is 0. The van der Waals surface area contributed by atoms with Gasteiger partial charge in [0.25, 0.3) is 0 Å². The van der Waals surface area contributed by atoms with Crippen LogP contribution >= 0.6 is 0 Å². The number of nitrogens with zero attached hydrogens (tertiary/aromatic N) is 2. The SMILES string of the molecule is CCc1ccc(CN(CC(O)CN2CCCC2=O)C2CC2)cc1. The number of hydrogen-bond donors (Lipinski definition) is 1. The second kappa shape index (κ2) is 7.45. The van der Waals surface area contributed by atoms with Crippen LogP contribution in [0.1, 0.15) is 43.7 Å². The normalized spacial score (nSPS) is 19.6. The number of likely N-dealkylation sites (tertiary alicyclic amines) is 1. The Balaban J connectivity index is 1.54. The Bertz CT molecular complexity index is 525. The number of carbonyl (C=O) groups excluding carboxylic acids is 1. The molecule has 2 aliphatic rings. The molecule has 126 valence electrons. The third-order valence-corrected chi connectivity index (χ3v) is 4.93. The second-order valence-electron chi connectivity index (χ2n) is 6.93. The Morgan fingerprint density at radius 3 is 2.52 bits per heavy atom. The predicted molar refractivity (Wildman–Crippen MR) is 91.1 cm³/mol. The first kappa shape index (κ1) is 16.5. The third kappa shape index (κ3) is 4.55. The number of amides is 1. The van der Waals surface area contributed by atoms with Crippen molar-refractivity contribution in [1.82, 2.24) is 9.80 Å². The number of aliphatic hydroxyl groups excluding tert-OH is 1. The summed E-state index contributed by atoms with van der Waals surface area (Å²) in [5, 5.41) is 10.4. The molecule has 0 spiro atoms. The fraction of sp³-hybridized carbons (Fsp3) is 0.632. The Kier molecular flexibility index (Phi) is 5.34. The van der Waals surface area contributed by atoms with E-state index < -0.39 is 6.10 Å². The van der Waals surface area contributed by atoms with E-state index in [1.54, 1.807) is 0 Å². The Morgan fingerprint density at radius 2 is 1.96 bits per heavy atom. The van der Waals surface area contributed by atoms with Crippen LogP contribution in [-0.4, -0.2) is 52.6 Å². The zero-order chi connectivity index (χ0) is 16.2. The molecule has 1 unspecified atom stereocenters. The largest absolute Gasteiger partial charge is 0.390 e. The summed E-state index contributed by atoms with van der Waals surface area (Å²) in [5.41, 5.74) is 2.66. The molecular formula is C19H28N2O2. The molecule has 1 amide bonds. The smallest absolute Gasteiger partial charge is 0.222 e. The number of benzene rings is 1. The van der Waals surface area contributed by atoms with Crippen LogP contribution in [0.2, 0.25) is 0 Å². The fourth-order valence-electron chi connectivity index (χ4n) is 3.38.